The fraction of sp³-hybridized carbons (Fsp3) is 0.294. The van der Waals surface area contributed by atoms with Gasteiger partial charge in [0, 0.05) is 18.7 Å². The molecule has 9 heteroatoms. The Kier molecular flexibility index (Phi) is 6.40. The van der Waals surface area contributed by atoms with Gasteiger partial charge in [-0.15, -0.1) is 0 Å². The first-order valence-electron chi connectivity index (χ1n) is 7.93. The molecule has 0 fully saturated rings. The van der Waals surface area contributed by atoms with Gasteiger partial charge in [-0.05, 0) is 36.8 Å². The summed E-state index contributed by atoms with van der Waals surface area (Å²) in [5.41, 5.74) is 1.18. The van der Waals surface area contributed by atoms with E-state index in [0.717, 1.165) is 11.8 Å². The van der Waals surface area contributed by atoms with Crippen LogP contribution in [-0.2, 0) is 14.8 Å². The van der Waals surface area contributed by atoms with Gasteiger partial charge in [0.1, 0.15) is 0 Å². The van der Waals surface area contributed by atoms with Crippen molar-refractivity contribution in [2.75, 3.05) is 17.5 Å². The van der Waals surface area contributed by atoms with Gasteiger partial charge in [0.2, 0.25) is 15.9 Å². The molecule has 0 aliphatic heterocycles. The van der Waals surface area contributed by atoms with Crippen molar-refractivity contribution in [1.29, 1.82) is 0 Å². The molecule has 8 nitrogen and oxygen atoms in total. The summed E-state index contributed by atoms with van der Waals surface area (Å²) >= 11 is 0. The molecule has 1 aromatic heterocycles. The van der Waals surface area contributed by atoms with Gasteiger partial charge in [0.15, 0.2) is 5.76 Å². The highest BCUT2D eigenvalue weighted by Gasteiger charge is 2.12. The minimum atomic E-state index is -3.37. The number of benzene rings is 1. The van der Waals surface area contributed by atoms with Crippen LogP contribution in [0.1, 0.15) is 35.5 Å². The monoisotopic (exact) mass is 379 g/mol. The molecule has 1 atom stereocenters. The normalized spacial score (nSPS) is 12.2. The standard InChI is InChI=1S/C17H21N3O5S/c1-12(13-5-3-6-14(11-13)20-26(2,23)24)19-16(21)8-9-18-17(22)15-7-4-10-25-15/h3-7,10-12,20H,8-9H2,1-2H3,(H,18,22)(H,19,21). The average Bonchev–Trinajstić information content (AvgIpc) is 3.08. The maximum atomic E-state index is 12.0. The zero-order valence-electron chi connectivity index (χ0n) is 14.5. The summed E-state index contributed by atoms with van der Waals surface area (Å²) in [5, 5.41) is 5.40. The van der Waals surface area contributed by atoms with Gasteiger partial charge < -0.3 is 15.1 Å². The smallest absolute Gasteiger partial charge is 0.286 e. The Morgan fingerprint density at radius 2 is 1.96 bits per heavy atom. The van der Waals surface area contributed by atoms with Crippen molar-refractivity contribution in [3.8, 4) is 0 Å². The van der Waals surface area contributed by atoms with Crippen LogP contribution < -0.4 is 15.4 Å². The van der Waals surface area contributed by atoms with E-state index in [1.807, 2.05) is 0 Å². The van der Waals surface area contributed by atoms with E-state index in [-0.39, 0.29) is 36.6 Å². The first kappa shape index (κ1) is 19.5. The number of rotatable bonds is 8. The van der Waals surface area contributed by atoms with Crippen LogP contribution in [0.15, 0.2) is 47.1 Å². The Morgan fingerprint density at radius 3 is 2.62 bits per heavy atom. The second-order valence-corrected chi connectivity index (χ2v) is 7.52. The summed E-state index contributed by atoms with van der Waals surface area (Å²) < 4.78 is 29.9. The van der Waals surface area contributed by atoms with Crippen LogP contribution >= 0.6 is 0 Å². The lowest BCUT2D eigenvalue weighted by Crippen LogP contribution is -2.32. The highest BCUT2D eigenvalue weighted by Crippen LogP contribution is 2.18. The molecule has 2 aromatic rings. The van der Waals surface area contributed by atoms with Gasteiger partial charge >= 0.3 is 0 Å². The minimum Gasteiger partial charge on any atom is -0.459 e. The van der Waals surface area contributed by atoms with Gasteiger partial charge in [-0.3, -0.25) is 14.3 Å². The quantitative estimate of drug-likeness (QED) is 0.645. The van der Waals surface area contributed by atoms with Crippen molar-refractivity contribution in [2.45, 2.75) is 19.4 Å². The number of hydrogen-bond acceptors (Lipinski definition) is 5. The van der Waals surface area contributed by atoms with E-state index in [2.05, 4.69) is 15.4 Å². The third-order valence-electron chi connectivity index (χ3n) is 3.45. The van der Waals surface area contributed by atoms with Crippen molar-refractivity contribution in [1.82, 2.24) is 10.6 Å². The molecule has 1 unspecified atom stereocenters. The molecule has 0 saturated carbocycles. The highest BCUT2D eigenvalue weighted by atomic mass is 32.2. The van der Waals surface area contributed by atoms with Crippen LogP contribution in [0.3, 0.4) is 0 Å². The lowest BCUT2D eigenvalue weighted by molar-refractivity contribution is -0.121. The van der Waals surface area contributed by atoms with Crippen molar-refractivity contribution in [2.24, 2.45) is 0 Å². The fourth-order valence-corrected chi connectivity index (χ4v) is 2.82. The van der Waals surface area contributed by atoms with E-state index in [1.165, 1.54) is 12.3 Å². The molecule has 0 radical (unpaired) electrons. The molecular formula is C17H21N3O5S. The number of amides is 2. The Labute approximate surface area is 152 Å². The van der Waals surface area contributed by atoms with Crippen LogP contribution in [0.4, 0.5) is 5.69 Å². The predicted molar refractivity (Wildman–Crippen MR) is 97.1 cm³/mol. The molecule has 3 N–H and O–H groups in total. The number of furan rings is 1. The van der Waals surface area contributed by atoms with Gasteiger partial charge in [0.05, 0.1) is 18.6 Å². The highest BCUT2D eigenvalue weighted by molar-refractivity contribution is 7.92. The summed E-state index contributed by atoms with van der Waals surface area (Å²) in [6.07, 6.45) is 2.58. The van der Waals surface area contributed by atoms with E-state index in [1.54, 1.807) is 37.3 Å². The number of nitrogens with one attached hydrogen (secondary N) is 3. The molecule has 140 valence electrons. The maximum absolute atomic E-state index is 12.0. The van der Waals surface area contributed by atoms with Crippen LogP contribution in [0.2, 0.25) is 0 Å². The molecule has 2 rings (SSSR count). The molecule has 0 aliphatic rings. The topological polar surface area (TPSA) is 118 Å². The first-order valence-corrected chi connectivity index (χ1v) is 9.82. The van der Waals surface area contributed by atoms with E-state index in [0.29, 0.717) is 5.69 Å². The Morgan fingerprint density at radius 1 is 1.19 bits per heavy atom. The second kappa shape index (κ2) is 8.52. The summed E-state index contributed by atoms with van der Waals surface area (Å²) in [6, 6.07) is 9.61. The fourth-order valence-electron chi connectivity index (χ4n) is 2.27. The van der Waals surface area contributed by atoms with Crippen molar-refractivity contribution in [3.63, 3.8) is 0 Å². The van der Waals surface area contributed by atoms with Crippen molar-refractivity contribution < 1.29 is 22.4 Å². The summed E-state index contributed by atoms with van der Waals surface area (Å²) in [5.74, 6) is -0.428. The Balaban J connectivity index is 1.83. The number of sulfonamides is 1. The largest absolute Gasteiger partial charge is 0.459 e. The van der Waals surface area contributed by atoms with E-state index in [9.17, 15) is 18.0 Å². The SMILES string of the molecule is CC(NC(=O)CCNC(=O)c1ccco1)c1cccc(NS(C)(=O)=O)c1. The lowest BCUT2D eigenvalue weighted by Gasteiger charge is -2.16. The molecule has 0 spiro atoms. The maximum Gasteiger partial charge on any atom is 0.286 e. The zero-order chi connectivity index (χ0) is 19.2. The van der Waals surface area contributed by atoms with Gasteiger partial charge in [0.25, 0.3) is 5.91 Å². The second-order valence-electron chi connectivity index (χ2n) is 5.77. The third-order valence-corrected chi connectivity index (χ3v) is 4.06. The number of carbonyl (C=O) groups excluding carboxylic acids is 2. The van der Waals surface area contributed by atoms with Gasteiger partial charge in [-0.2, -0.15) is 0 Å². The van der Waals surface area contributed by atoms with Crippen molar-refractivity contribution >= 4 is 27.5 Å². The lowest BCUT2D eigenvalue weighted by atomic mass is 10.1. The van der Waals surface area contributed by atoms with Gasteiger partial charge in [-0.1, -0.05) is 12.1 Å². The van der Waals surface area contributed by atoms with Crippen LogP contribution in [0.5, 0.6) is 0 Å². The van der Waals surface area contributed by atoms with Crippen LogP contribution in [0.25, 0.3) is 0 Å². The zero-order valence-corrected chi connectivity index (χ0v) is 15.3. The molecular weight excluding hydrogens is 358 g/mol. The van der Waals surface area contributed by atoms with Gasteiger partial charge in [-0.25, -0.2) is 8.42 Å². The van der Waals surface area contributed by atoms with Crippen LogP contribution in [0, 0.1) is 0 Å². The van der Waals surface area contributed by atoms with E-state index in [4.69, 9.17) is 4.42 Å². The Hall–Kier alpha value is -2.81. The summed E-state index contributed by atoms with van der Waals surface area (Å²) in [4.78, 5) is 23.7. The molecule has 26 heavy (non-hydrogen) atoms. The molecule has 1 heterocycles. The average molecular weight is 379 g/mol. The van der Waals surface area contributed by atoms with Crippen LogP contribution in [-0.4, -0.2) is 33.0 Å². The predicted octanol–water partition coefficient (Wildman–Crippen LogP) is 1.65. The summed E-state index contributed by atoms with van der Waals surface area (Å²) in [7, 11) is -3.37. The van der Waals surface area contributed by atoms with Crippen molar-refractivity contribution in [3.05, 3.63) is 54.0 Å². The van der Waals surface area contributed by atoms with E-state index >= 15 is 0 Å². The molecule has 0 aliphatic carbocycles. The molecule has 0 saturated heterocycles. The Bertz CT molecular complexity index is 862. The first-order chi connectivity index (χ1) is 12.2. The summed E-state index contributed by atoms with van der Waals surface area (Å²) in [6.45, 7) is 1.96. The number of carbonyl (C=O) groups is 2. The van der Waals surface area contributed by atoms with E-state index < -0.39 is 10.0 Å². The third kappa shape index (κ3) is 6.25. The molecule has 1 aromatic carbocycles. The minimum absolute atomic E-state index is 0.109. The molecule has 2 amide bonds. The number of hydrogen-bond donors (Lipinski definition) is 3. The number of anilines is 1. The molecule has 0 bridgehead atoms.